The third-order valence-electron chi connectivity index (χ3n) is 5.76. The number of rotatable bonds is 11. The summed E-state index contributed by atoms with van der Waals surface area (Å²) < 4.78 is 26.3. The van der Waals surface area contributed by atoms with E-state index in [0.717, 1.165) is 16.7 Å². The summed E-state index contributed by atoms with van der Waals surface area (Å²) in [7, 11) is -3.52. The second-order valence-electron chi connectivity index (χ2n) is 10.5. The van der Waals surface area contributed by atoms with Crippen LogP contribution in [0.1, 0.15) is 63.6 Å². The summed E-state index contributed by atoms with van der Waals surface area (Å²) in [6.45, 7) is 12.0. The Hall–Kier alpha value is -2.87. The molecule has 0 aliphatic rings. The maximum Gasteiger partial charge on any atom is 0.243 e. The van der Waals surface area contributed by atoms with Crippen molar-refractivity contribution in [3.05, 3.63) is 65.2 Å². The quantitative estimate of drug-likeness (QED) is 0.475. The highest BCUT2D eigenvalue weighted by atomic mass is 32.2. The lowest BCUT2D eigenvalue weighted by Gasteiger charge is -2.33. The number of aryl methyl sites for hydroxylation is 2. The second kappa shape index (κ2) is 12.4. The highest BCUT2D eigenvalue weighted by molar-refractivity contribution is 7.92. The van der Waals surface area contributed by atoms with Crippen molar-refractivity contribution in [2.45, 2.75) is 78.9 Å². The van der Waals surface area contributed by atoms with Gasteiger partial charge in [-0.05, 0) is 70.7 Å². The number of nitrogens with zero attached hydrogens (tertiary/aromatic N) is 2. The molecule has 7 nitrogen and oxygen atoms in total. The van der Waals surface area contributed by atoms with E-state index in [9.17, 15) is 18.0 Å². The number of hydrogen-bond acceptors (Lipinski definition) is 4. The number of benzene rings is 2. The molecule has 0 spiro atoms. The van der Waals surface area contributed by atoms with Crippen LogP contribution in [0.25, 0.3) is 0 Å². The van der Waals surface area contributed by atoms with Crippen LogP contribution in [0.2, 0.25) is 0 Å². The topological polar surface area (TPSA) is 86.8 Å². The van der Waals surface area contributed by atoms with E-state index >= 15 is 0 Å². The van der Waals surface area contributed by atoms with Crippen LogP contribution in [-0.4, -0.2) is 49.5 Å². The molecular weight excluding hydrogens is 474 g/mol. The van der Waals surface area contributed by atoms with Crippen LogP contribution in [0.4, 0.5) is 5.69 Å². The van der Waals surface area contributed by atoms with Crippen LogP contribution in [0, 0.1) is 13.8 Å². The number of hydrogen-bond donors (Lipinski definition) is 1. The molecule has 1 atom stereocenters. The Balaban J connectivity index is 2.24. The summed E-state index contributed by atoms with van der Waals surface area (Å²) in [5, 5.41) is 3.00. The van der Waals surface area contributed by atoms with E-state index in [0.29, 0.717) is 25.1 Å². The van der Waals surface area contributed by atoms with Crippen LogP contribution >= 0.6 is 0 Å². The molecule has 0 saturated heterocycles. The fraction of sp³-hybridized carbons (Fsp3) is 0.500. The third kappa shape index (κ3) is 8.97. The van der Waals surface area contributed by atoms with E-state index in [1.54, 1.807) is 11.0 Å². The van der Waals surface area contributed by atoms with Crippen molar-refractivity contribution in [2.24, 2.45) is 0 Å². The summed E-state index contributed by atoms with van der Waals surface area (Å²) in [6, 6.07) is 14.6. The lowest BCUT2D eigenvalue weighted by molar-refractivity contribution is -0.142. The second-order valence-corrected chi connectivity index (χ2v) is 12.4. The maximum atomic E-state index is 13.5. The number of sulfonamides is 1. The van der Waals surface area contributed by atoms with Crippen molar-refractivity contribution in [1.29, 1.82) is 0 Å². The molecule has 0 aliphatic heterocycles. The van der Waals surface area contributed by atoms with Gasteiger partial charge in [-0.3, -0.25) is 13.9 Å². The normalized spacial score (nSPS) is 12.6. The summed E-state index contributed by atoms with van der Waals surface area (Å²) in [4.78, 5) is 28.3. The molecule has 0 bridgehead atoms. The van der Waals surface area contributed by atoms with Gasteiger partial charge in [0.05, 0.1) is 11.9 Å². The standard InChI is InChI=1S/C28H41N3O4S/c1-8-25(27(33)29-28(4,5)6)30(20-23-14-9-12-21(2)18-23)26(32)16-11-17-31(36(7,34)35)24-15-10-13-22(3)19-24/h9-10,12-15,18-19,25H,8,11,16-17,20H2,1-7H3,(H,29,33)/t25-/m1/s1. The lowest BCUT2D eigenvalue weighted by Crippen LogP contribution is -2.53. The van der Waals surface area contributed by atoms with Gasteiger partial charge in [0.1, 0.15) is 6.04 Å². The average Bonchev–Trinajstić information content (AvgIpc) is 2.74. The van der Waals surface area contributed by atoms with E-state index in [1.807, 2.05) is 84.0 Å². The van der Waals surface area contributed by atoms with Crippen molar-refractivity contribution < 1.29 is 18.0 Å². The molecule has 1 N–H and O–H groups in total. The molecule has 0 fully saturated rings. The van der Waals surface area contributed by atoms with Crippen molar-refractivity contribution in [3.8, 4) is 0 Å². The zero-order valence-electron chi connectivity index (χ0n) is 22.7. The molecule has 0 saturated carbocycles. The lowest BCUT2D eigenvalue weighted by atomic mass is 10.0. The first-order valence-electron chi connectivity index (χ1n) is 12.4. The van der Waals surface area contributed by atoms with Gasteiger partial charge in [-0.15, -0.1) is 0 Å². The number of carbonyl (C=O) groups is 2. The van der Waals surface area contributed by atoms with Crippen LogP contribution in [0.15, 0.2) is 48.5 Å². The van der Waals surface area contributed by atoms with Gasteiger partial charge >= 0.3 is 0 Å². The number of carbonyl (C=O) groups excluding carboxylic acids is 2. The van der Waals surface area contributed by atoms with Crippen LogP contribution < -0.4 is 9.62 Å². The van der Waals surface area contributed by atoms with Crippen LogP contribution in [-0.2, 0) is 26.2 Å². The molecule has 198 valence electrons. The van der Waals surface area contributed by atoms with Gasteiger partial charge in [0.15, 0.2) is 0 Å². The third-order valence-corrected chi connectivity index (χ3v) is 6.96. The number of nitrogens with one attached hydrogen (secondary N) is 1. The van der Waals surface area contributed by atoms with Crippen LogP contribution in [0.3, 0.4) is 0 Å². The monoisotopic (exact) mass is 515 g/mol. The fourth-order valence-electron chi connectivity index (χ4n) is 4.17. The fourth-order valence-corrected chi connectivity index (χ4v) is 5.12. The van der Waals surface area contributed by atoms with E-state index in [2.05, 4.69) is 5.32 Å². The Morgan fingerprint density at radius 1 is 1.00 bits per heavy atom. The van der Waals surface area contributed by atoms with Crippen LogP contribution in [0.5, 0.6) is 0 Å². The minimum atomic E-state index is -3.52. The minimum Gasteiger partial charge on any atom is -0.350 e. The summed E-state index contributed by atoms with van der Waals surface area (Å²) in [5.74, 6) is -0.367. The van der Waals surface area contributed by atoms with Crippen molar-refractivity contribution in [1.82, 2.24) is 10.2 Å². The Labute approximate surface area is 216 Å². The highest BCUT2D eigenvalue weighted by Crippen LogP contribution is 2.21. The predicted octanol–water partition coefficient (Wildman–Crippen LogP) is 4.57. The molecule has 36 heavy (non-hydrogen) atoms. The summed E-state index contributed by atoms with van der Waals surface area (Å²) in [6.07, 6.45) is 2.10. The molecule has 0 aromatic heterocycles. The van der Waals surface area contributed by atoms with Gasteiger partial charge in [0, 0.05) is 25.0 Å². The smallest absolute Gasteiger partial charge is 0.243 e. The molecule has 2 aromatic rings. The Morgan fingerprint density at radius 2 is 1.61 bits per heavy atom. The Bertz CT molecular complexity index is 1160. The average molecular weight is 516 g/mol. The minimum absolute atomic E-state index is 0.128. The molecule has 0 aliphatic carbocycles. The van der Waals surface area contributed by atoms with Gasteiger partial charge in [-0.2, -0.15) is 0 Å². The molecule has 0 heterocycles. The Kier molecular flexibility index (Phi) is 10.1. The molecule has 2 aromatic carbocycles. The predicted molar refractivity (Wildman–Crippen MR) is 146 cm³/mol. The van der Waals surface area contributed by atoms with E-state index in [1.165, 1.54) is 10.6 Å². The molecule has 2 amide bonds. The zero-order valence-corrected chi connectivity index (χ0v) is 23.5. The molecule has 8 heteroatoms. The summed E-state index contributed by atoms with van der Waals surface area (Å²) >= 11 is 0. The summed E-state index contributed by atoms with van der Waals surface area (Å²) in [5.41, 5.74) is 3.14. The van der Waals surface area contributed by atoms with Crippen molar-refractivity contribution >= 4 is 27.5 Å². The molecule has 2 rings (SSSR count). The zero-order chi connectivity index (χ0) is 27.1. The maximum absolute atomic E-state index is 13.5. The number of amides is 2. The van der Waals surface area contributed by atoms with E-state index < -0.39 is 21.6 Å². The molecular formula is C28H41N3O4S. The highest BCUT2D eigenvalue weighted by Gasteiger charge is 2.30. The van der Waals surface area contributed by atoms with Gasteiger partial charge in [0.25, 0.3) is 0 Å². The van der Waals surface area contributed by atoms with Gasteiger partial charge < -0.3 is 10.2 Å². The van der Waals surface area contributed by atoms with E-state index in [4.69, 9.17) is 0 Å². The van der Waals surface area contributed by atoms with Crippen molar-refractivity contribution in [3.63, 3.8) is 0 Å². The number of anilines is 1. The SMILES string of the molecule is CC[C@H](C(=O)NC(C)(C)C)N(Cc1cccc(C)c1)C(=O)CCCN(c1cccc(C)c1)S(C)(=O)=O. The first-order valence-corrected chi connectivity index (χ1v) is 14.3. The largest absolute Gasteiger partial charge is 0.350 e. The van der Waals surface area contributed by atoms with E-state index in [-0.39, 0.29) is 24.8 Å². The first kappa shape index (κ1) is 29.4. The first-order chi connectivity index (χ1) is 16.7. The van der Waals surface area contributed by atoms with Gasteiger partial charge in [-0.25, -0.2) is 8.42 Å². The Morgan fingerprint density at radius 3 is 2.14 bits per heavy atom. The molecule has 0 unspecified atom stereocenters. The van der Waals surface area contributed by atoms with Gasteiger partial charge in [0.2, 0.25) is 21.8 Å². The van der Waals surface area contributed by atoms with Crippen molar-refractivity contribution in [2.75, 3.05) is 17.1 Å². The van der Waals surface area contributed by atoms with Gasteiger partial charge in [-0.1, -0.05) is 48.9 Å². The molecule has 0 radical (unpaired) electrons.